The maximum Gasteiger partial charge on any atom is 0.113 e. The van der Waals surface area contributed by atoms with Crippen LogP contribution in [0.3, 0.4) is 0 Å². The zero-order valence-corrected chi connectivity index (χ0v) is 9.13. The predicted molar refractivity (Wildman–Crippen MR) is 65.6 cm³/mol. The summed E-state index contributed by atoms with van der Waals surface area (Å²) in [6.45, 7) is 1.96. The Hall–Kier alpha value is -2.01. The molecule has 0 radical (unpaired) electrons. The first-order valence-corrected chi connectivity index (χ1v) is 5.42. The van der Waals surface area contributed by atoms with Gasteiger partial charge in [-0.15, -0.1) is 0 Å². The third-order valence-corrected chi connectivity index (χ3v) is 2.29. The molecule has 0 saturated heterocycles. The number of hydrogen-bond donors (Lipinski definition) is 0. The number of rotatable bonds is 2. The first-order chi connectivity index (χ1) is 7.95. The van der Waals surface area contributed by atoms with Crippen molar-refractivity contribution in [3.63, 3.8) is 0 Å². The quantitative estimate of drug-likeness (QED) is 0.696. The van der Waals surface area contributed by atoms with E-state index in [2.05, 4.69) is 46.2 Å². The molecule has 1 aromatic heterocycles. The van der Waals surface area contributed by atoms with Crippen LogP contribution in [-0.2, 0) is 0 Å². The van der Waals surface area contributed by atoms with Crippen molar-refractivity contribution in [3.8, 4) is 11.8 Å². The lowest BCUT2D eigenvalue weighted by molar-refractivity contribution is 0.422. The number of pyridine rings is 1. The summed E-state index contributed by atoms with van der Waals surface area (Å²) in [4.78, 5) is 6.39. The Morgan fingerprint density at radius 2 is 2.31 bits per heavy atom. The molecular weight excluding hydrogens is 196 g/mol. The first kappa shape index (κ1) is 10.5. The van der Waals surface area contributed by atoms with Gasteiger partial charge in [0.2, 0.25) is 0 Å². The molecule has 0 aromatic carbocycles. The summed E-state index contributed by atoms with van der Waals surface area (Å²) >= 11 is 0. The zero-order chi connectivity index (χ0) is 11.1. The average molecular weight is 210 g/mol. The van der Waals surface area contributed by atoms with Gasteiger partial charge in [-0.25, -0.2) is 4.98 Å². The molecule has 2 heterocycles. The number of aromatic nitrogens is 1. The summed E-state index contributed by atoms with van der Waals surface area (Å²) in [5.41, 5.74) is 0.844. The van der Waals surface area contributed by atoms with Gasteiger partial charge in [0, 0.05) is 25.7 Å². The van der Waals surface area contributed by atoms with E-state index >= 15 is 0 Å². The second kappa shape index (κ2) is 5.77. The minimum absolute atomic E-state index is 0.844. The van der Waals surface area contributed by atoms with Crippen LogP contribution in [0.1, 0.15) is 12.1 Å². The summed E-state index contributed by atoms with van der Waals surface area (Å²) in [7, 11) is 0. The van der Waals surface area contributed by atoms with E-state index in [1.54, 1.807) is 6.20 Å². The molecule has 0 bridgehead atoms. The lowest BCUT2D eigenvalue weighted by atomic mass is 10.3. The topological polar surface area (TPSA) is 16.1 Å². The Morgan fingerprint density at radius 1 is 1.31 bits per heavy atom. The molecule has 0 aliphatic carbocycles. The van der Waals surface area contributed by atoms with Crippen molar-refractivity contribution in [1.29, 1.82) is 0 Å². The molecule has 0 saturated carbocycles. The maximum atomic E-state index is 4.15. The first-order valence-electron chi connectivity index (χ1n) is 5.42. The number of nitrogens with zero attached hydrogens (tertiary/aromatic N) is 2. The fraction of sp³-hybridized carbons (Fsp3) is 0.214. The van der Waals surface area contributed by atoms with Gasteiger partial charge in [0.05, 0.1) is 0 Å². The molecule has 0 amide bonds. The Morgan fingerprint density at radius 3 is 3.06 bits per heavy atom. The summed E-state index contributed by atoms with van der Waals surface area (Å²) in [5.74, 6) is 6.19. The van der Waals surface area contributed by atoms with Crippen molar-refractivity contribution >= 4 is 0 Å². The lowest BCUT2D eigenvalue weighted by Crippen LogP contribution is -2.19. The highest BCUT2D eigenvalue weighted by molar-refractivity contribution is 5.26. The van der Waals surface area contributed by atoms with E-state index in [0.29, 0.717) is 0 Å². The molecule has 0 spiro atoms. The standard InChI is InChI=1S/C14H14N2/c1-5-11-16(12-6-1)13-7-3-9-14-8-2-4-10-15-14/h1-2,4-6,8,10-11H,7,12-13H2. The molecule has 1 aliphatic heterocycles. The van der Waals surface area contributed by atoms with E-state index in [-0.39, 0.29) is 0 Å². The van der Waals surface area contributed by atoms with Crippen molar-refractivity contribution in [2.75, 3.05) is 13.1 Å². The predicted octanol–water partition coefficient (Wildman–Crippen LogP) is 2.21. The summed E-state index contributed by atoms with van der Waals surface area (Å²) in [6.07, 6.45) is 11.0. The highest BCUT2D eigenvalue weighted by atomic mass is 15.1. The van der Waals surface area contributed by atoms with E-state index in [4.69, 9.17) is 0 Å². The molecule has 80 valence electrons. The fourth-order valence-electron chi connectivity index (χ4n) is 1.46. The van der Waals surface area contributed by atoms with E-state index in [9.17, 15) is 0 Å². The molecule has 1 aliphatic rings. The van der Waals surface area contributed by atoms with E-state index < -0.39 is 0 Å². The lowest BCUT2D eigenvalue weighted by Gasteiger charge is -2.18. The molecule has 0 N–H and O–H groups in total. The maximum absolute atomic E-state index is 4.15. The highest BCUT2D eigenvalue weighted by Gasteiger charge is 1.96. The molecular formula is C14H14N2. The van der Waals surface area contributed by atoms with E-state index in [0.717, 1.165) is 25.2 Å². The molecule has 2 nitrogen and oxygen atoms in total. The summed E-state index contributed by atoms with van der Waals surface area (Å²) < 4.78 is 0. The minimum Gasteiger partial charge on any atom is -0.373 e. The minimum atomic E-state index is 0.844. The van der Waals surface area contributed by atoms with Gasteiger partial charge in [0.15, 0.2) is 0 Å². The highest BCUT2D eigenvalue weighted by Crippen LogP contribution is 1.99. The van der Waals surface area contributed by atoms with Gasteiger partial charge < -0.3 is 4.90 Å². The van der Waals surface area contributed by atoms with Crippen LogP contribution in [0.2, 0.25) is 0 Å². The van der Waals surface area contributed by atoms with E-state index in [1.165, 1.54) is 0 Å². The Labute approximate surface area is 96.3 Å². The number of hydrogen-bond acceptors (Lipinski definition) is 2. The molecule has 2 heteroatoms. The summed E-state index contributed by atoms with van der Waals surface area (Å²) in [5, 5.41) is 0. The zero-order valence-electron chi connectivity index (χ0n) is 9.13. The fourth-order valence-corrected chi connectivity index (χ4v) is 1.46. The van der Waals surface area contributed by atoms with Gasteiger partial charge >= 0.3 is 0 Å². The molecule has 1 aromatic rings. The normalized spacial score (nSPS) is 13.4. The van der Waals surface area contributed by atoms with Crippen molar-refractivity contribution in [3.05, 3.63) is 54.5 Å². The Kier molecular flexibility index (Phi) is 3.79. The smallest absolute Gasteiger partial charge is 0.113 e. The second-order valence-electron chi connectivity index (χ2n) is 3.53. The van der Waals surface area contributed by atoms with Crippen LogP contribution in [0.4, 0.5) is 0 Å². The van der Waals surface area contributed by atoms with Crippen LogP contribution < -0.4 is 0 Å². The number of allylic oxidation sites excluding steroid dienone is 2. The van der Waals surface area contributed by atoms with Gasteiger partial charge in [0.1, 0.15) is 5.69 Å². The molecule has 0 atom stereocenters. The van der Waals surface area contributed by atoms with Crippen LogP contribution in [0.25, 0.3) is 0 Å². The SMILES string of the molecule is C(#Cc1ccccn1)CCN1C=CC=CC1. The second-order valence-corrected chi connectivity index (χ2v) is 3.53. The molecule has 2 rings (SSSR count). The van der Waals surface area contributed by atoms with Crippen LogP contribution in [0.5, 0.6) is 0 Å². The van der Waals surface area contributed by atoms with Gasteiger partial charge in [-0.3, -0.25) is 0 Å². The van der Waals surface area contributed by atoms with Crippen LogP contribution in [-0.4, -0.2) is 23.0 Å². The van der Waals surface area contributed by atoms with Crippen molar-refractivity contribution in [1.82, 2.24) is 9.88 Å². The Balaban J connectivity index is 1.78. The van der Waals surface area contributed by atoms with Gasteiger partial charge in [-0.05, 0) is 30.3 Å². The van der Waals surface area contributed by atoms with Gasteiger partial charge in [0.25, 0.3) is 0 Å². The third-order valence-electron chi connectivity index (χ3n) is 2.29. The van der Waals surface area contributed by atoms with Crippen LogP contribution in [0.15, 0.2) is 48.8 Å². The molecule has 0 unspecified atom stereocenters. The van der Waals surface area contributed by atoms with Gasteiger partial charge in [-0.1, -0.05) is 24.1 Å². The monoisotopic (exact) mass is 210 g/mol. The Bertz CT molecular complexity index is 435. The summed E-state index contributed by atoms with van der Waals surface area (Å²) in [6, 6.07) is 5.78. The molecule has 16 heavy (non-hydrogen) atoms. The third kappa shape index (κ3) is 3.29. The van der Waals surface area contributed by atoms with Gasteiger partial charge in [-0.2, -0.15) is 0 Å². The van der Waals surface area contributed by atoms with E-state index in [1.807, 2.05) is 18.2 Å². The van der Waals surface area contributed by atoms with Crippen LogP contribution >= 0.6 is 0 Å². The molecule has 0 fully saturated rings. The largest absolute Gasteiger partial charge is 0.373 e. The van der Waals surface area contributed by atoms with Crippen molar-refractivity contribution in [2.45, 2.75) is 6.42 Å². The van der Waals surface area contributed by atoms with Crippen LogP contribution in [0, 0.1) is 11.8 Å². The van der Waals surface area contributed by atoms with Crippen molar-refractivity contribution in [2.24, 2.45) is 0 Å². The average Bonchev–Trinajstić information content (AvgIpc) is 2.37. The van der Waals surface area contributed by atoms with Crippen molar-refractivity contribution < 1.29 is 0 Å².